The molecule has 1 aromatic heterocycles. The first-order chi connectivity index (χ1) is 15.6. The van der Waals surface area contributed by atoms with Crippen LogP contribution in [0.5, 0.6) is 0 Å². The largest absolute Gasteiger partial charge is 0.369 e. The van der Waals surface area contributed by atoms with E-state index in [0.29, 0.717) is 22.8 Å². The van der Waals surface area contributed by atoms with Crippen LogP contribution in [0.3, 0.4) is 0 Å². The number of hydrogen-bond donors (Lipinski definition) is 1. The summed E-state index contributed by atoms with van der Waals surface area (Å²) in [6.45, 7) is 6.32. The van der Waals surface area contributed by atoms with Crippen LogP contribution in [-0.4, -0.2) is 24.0 Å². The van der Waals surface area contributed by atoms with Gasteiger partial charge in [0, 0.05) is 29.9 Å². The Morgan fingerprint density at radius 3 is 2.75 bits per heavy atom. The molecular weight excluding hydrogens is 398 g/mol. The van der Waals surface area contributed by atoms with E-state index >= 15 is 0 Å². The van der Waals surface area contributed by atoms with E-state index in [1.807, 2.05) is 36.4 Å². The highest BCUT2D eigenvalue weighted by Gasteiger charge is 2.34. The number of aromatic nitrogens is 1. The van der Waals surface area contributed by atoms with Crippen LogP contribution in [0.15, 0.2) is 59.1 Å². The number of nitrogens with one attached hydrogen (secondary N) is 1. The fourth-order valence-corrected chi connectivity index (χ4v) is 5.17. The minimum atomic E-state index is 0.00927. The van der Waals surface area contributed by atoms with Crippen LogP contribution < -0.4 is 10.2 Å². The van der Waals surface area contributed by atoms with Crippen molar-refractivity contribution in [2.75, 3.05) is 23.3 Å². The van der Waals surface area contributed by atoms with Gasteiger partial charge >= 0.3 is 0 Å². The van der Waals surface area contributed by atoms with Crippen molar-refractivity contribution in [2.45, 2.75) is 26.7 Å². The summed E-state index contributed by atoms with van der Waals surface area (Å²) in [5.41, 5.74) is 6.86. The molecule has 0 spiro atoms. The summed E-state index contributed by atoms with van der Waals surface area (Å²) >= 11 is 0. The summed E-state index contributed by atoms with van der Waals surface area (Å²) in [7, 11) is 0. The van der Waals surface area contributed by atoms with Crippen molar-refractivity contribution in [1.29, 1.82) is 0 Å². The molecule has 1 aliphatic carbocycles. The molecule has 0 saturated carbocycles. The normalized spacial score (nSPS) is 17.5. The standard InChI is InChI=1S/C27H25N3O2/c1-16-7-5-9-18(13-16)28-21-14-22(30-12-6-8-17(2)15-30)25-24-23(21)26(31)19-10-3-4-11-20(19)27(24)32-29-25/h3-5,7,9-11,13-14,17,28H,6,8,12,15H2,1-2H3. The molecule has 1 saturated heterocycles. The number of rotatable bonds is 3. The van der Waals surface area contributed by atoms with Crippen molar-refractivity contribution in [3.8, 4) is 11.3 Å². The van der Waals surface area contributed by atoms with Crippen LogP contribution in [0.1, 0.15) is 41.3 Å². The maximum absolute atomic E-state index is 13.7. The third-order valence-corrected chi connectivity index (χ3v) is 6.67. The van der Waals surface area contributed by atoms with E-state index in [-0.39, 0.29) is 5.78 Å². The second-order valence-electron chi connectivity index (χ2n) is 9.12. The number of hydrogen-bond acceptors (Lipinski definition) is 5. The van der Waals surface area contributed by atoms with Crippen molar-refractivity contribution in [3.63, 3.8) is 0 Å². The minimum absolute atomic E-state index is 0.00927. The summed E-state index contributed by atoms with van der Waals surface area (Å²) < 4.78 is 5.90. The Morgan fingerprint density at radius 1 is 1.09 bits per heavy atom. The van der Waals surface area contributed by atoms with Gasteiger partial charge < -0.3 is 14.7 Å². The Kier molecular flexibility index (Phi) is 4.32. The van der Waals surface area contributed by atoms with Crippen molar-refractivity contribution in [1.82, 2.24) is 5.16 Å². The van der Waals surface area contributed by atoms with Crippen LogP contribution >= 0.6 is 0 Å². The van der Waals surface area contributed by atoms with E-state index in [1.165, 1.54) is 6.42 Å². The highest BCUT2D eigenvalue weighted by atomic mass is 16.5. The number of fused-ring (bicyclic) bond motifs is 2. The number of piperidine rings is 1. The smallest absolute Gasteiger partial charge is 0.196 e. The Labute approximate surface area is 187 Å². The molecule has 3 aromatic carbocycles. The number of nitrogens with zero attached hydrogens (tertiary/aromatic N) is 2. The van der Waals surface area contributed by atoms with Gasteiger partial charge in [-0.1, -0.05) is 48.5 Å². The van der Waals surface area contributed by atoms with Crippen LogP contribution in [0.2, 0.25) is 0 Å². The lowest BCUT2D eigenvalue weighted by atomic mass is 9.86. The fourth-order valence-electron chi connectivity index (χ4n) is 5.17. The Bertz CT molecular complexity index is 1370. The second kappa shape index (κ2) is 7.23. The number of carbonyl (C=O) groups excluding carboxylic acids is 1. The highest BCUT2D eigenvalue weighted by molar-refractivity contribution is 6.28. The third-order valence-electron chi connectivity index (χ3n) is 6.67. The third kappa shape index (κ3) is 2.92. The highest BCUT2D eigenvalue weighted by Crippen LogP contribution is 2.46. The molecule has 5 heteroatoms. The topological polar surface area (TPSA) is 58.4 Å². The summed E-state index contributed by atoms with van der Waals surface area (Å²) in [6, 6.07) is 18.0. The number of carbonyl (C=O) groups is 1. The van der Waals surface area contributed by atoms with Gasteiger partial charge in [0.2, 0.25) is 0 Å². The molecule has 2 heterocycles. The number of ketones is 1. The molecule has 2 aliphatic rings. The monoisotopic (exact) mass is 423 g/mol. The van der Waals surface area contributed by atoms with E-state index < -0.39 is 0 Å². The van der Waals surface area contributed by atoms with Gasteiger partial charge in [-0.2, -0.15) is 0 Å². The lowest BCUT2D eigenvalue weighted by molar-refractivity contribution is 0.104. The van der Waals surface area contributed by atoms with Crippen LogP contribution in [0, 0.1) is 12.8 Å². The van der Waals surface area contributed by atoms with Crippen molar-refractivity contribution in [2.24, 2.45) is 5.92 Å². The predicted molar refractivity (Wildman–Crippen MR) is 128 cm³/mol. The average Bonchev–Trinajstić information content (AvgIpc) is 3.23. The molecule has 160 valence electrons. The zero-order chi connectivity index (χ0) is 21.8. The molecule has 32 heavy (non-hydrogen) atoms. The average molecular weight is 424 g/mol. The zero-order valence-electron chi connectivity index (χ0n) is 18.3. The molecule has 1 fully saturated rings. The van der Waals surface area contributed by atoms with Crippen molar-refractivity contribution < 1.29 is 9.32 Å². The first-order valence-electron chi connectivity index (χ1n) is 11.3. The number of aryl methyl sites for hydroxylation is 1. The summed E-state index contributed by atoms with van der Waals surface area (Å²) in [6.07, 6.45) is 2.39. The van der Waals surface area contributed by atoms with Crippen LogP contribution in [-0.2, 0) is 0 Å². The molecule has 1 N–H and O–H groups in total. The van der Waals surface area contributed by atoms with Gasteiger partial charge in [-0.05, 0) is 49.4 Å². The maximum atomic E-state index is 13.7. The van der Waals surface area contributed by atoms with E-state index in [9.17, 15) is 4.79 Å². The Hall–Kier alpha value is -3.60. The molecule has 0 amide bonds. The Balaban J connectivity index is 1.61. The van der Waals surface area contributed by atoms with Crippen LogP contribution in [0.25, 0.3) is 22.2 Å². The molecule has 5 nitrogen and oxygen atoms in total. The summed E-state index contributed by atoms with van der Waals surface area (Å²) in [5.74, 6) is 1.31. The number of benzene rings is 3. The van der Waals surface area contributed by atoms with Gasteiger partial charge in [-0.15, -0.1) is 0 Å². The van der Waals surface area contributed by atoms with Gasteiger partial charge in [0.1, 0.15) is 5.52 Å². The van der Waals surface area contributed by atoms with Gasteiger partial charge in [0.25, 0.3) is 0 Å². The molecule has 0 radical (unpaired) electrons. The van der Waals surface area contributed by atoms with Crippen molar-refractivity contribution >= 4 is 33.7 Å². The van der Waals surface area contributed by atoms with E-state index in [1.54, 1.807) is 0 Å². The fraction of sp³-hybridized carbons (Fsp3) is 0.259. The zero-order valence-corrected chi connectivity index (χ0v) is 18.3. The van der Waals surface area contributed by atoms with E-state index in [0.717, 1.165) is 58.6 Å². The lowest BCUT2D eigenvalue weighted by Gasteiger charge is -2.33. The molecule has 1 aliphatic heterocycles. The molecule has 1 unspecified atom stereocenters. The molecule has 1 atom stereocenters. The van der Waals surface area contributed by atoms with E-state index in [4.69, 9.17) is 4.52 Å². The second-order valence-corrected chi connectivity index (χ2v) is 9.12. The van der Waals surface area contributed by atoms with Gasteiger partial charge in [-0.3, -0.25) is 4.79 Å². The summed E-state index contributed by atoms with van der Waals surface area (Å²) in [5, 5.41) is 8.85. The molecule has 6 rings (SSSR count). The van der Waals surface area contributed by atoms with Crippen LogP contribution in [0.4, 0.5) is 17.1 Å². The van der Waals surface area contributed by atoms with Gasteiger partial charge in [-0.25, -0.2) is 0 Å². The molecule has 0 bridgehead atoms. The first-order valence-corrected chi connectivity index (χ1v) is 11.3. The van der Waals surface area contributed by atoms with Gasteiger partial charge in [0.05, 0.1) is 22.3 Å². The van der Waals surface area contributed by atoms with Gasteiger partial charge in [0.15, 0.2) is 11.5 Å². The lowest BCUT2D eigenvalue weighted by Crippen LogP contribution is -2.34. The SMILES string of the molecule is Cc1cccc(Nc2cc(N3CCCC(C)C3)c3noc4c3c2C(=O)c2ccccc2-4)c1. The Morgan fingerprint density at radius 2 is 1.94 bits per heavy atom. The molecule has 4 aromatic rings. The van der Waals surface area contributed by atoms with Crippen molar-refractivity contribution in [3.05, 3.63) is 71.3 Å². The quantitative estimate of drug-likeness (QED) is 0.368. The van der Waals surface area contributed by atoms with E-state index in [2.05, 4.69) is 47.4 Å². The first kappa shape index (κ1) is 19.1. The predicted octanol–water partition coefficient (Wildman–Crippen LogP) is 6.33. The minimum Gasteiger partial charge on any atom is -0.369 e. The number of anilines is 3. The molecular formula is C27H25N3O2. The summed E-state index contributed by atoms with van der Waals surface area (Å²) in [4.78, 5) is 16.1. The maximum Gasteiger partial charge on any atom is 0.196 e.